The minimum atomic E-state index is -0.871. The van der Waals surface area contributed by atoms with Crippen LogP contribution in [0.4, 0.5) is 5.69 Å². The summed E-state index contributed by atoms with van der Waals surface area (Å²) >= 11 is 6.23. The van der Waals surface area contributed by atoms with Crippen LogP contribution < -0.4 is 10.2 Å². The number of halogens is 1. The van der Waals surface area contributed by atoms with E-state index in [0.29, 0.717) is 16.3 Å². The molecule has 1 saturated heterocycles. The van der Waals surface area contributed by atoms with E-state index in [1.54, 1.807) is 43.9 Å². The molecule has 1 aromatic rings. The van der Waals surface area contributed by atoms with E-state index in [9.17, 15) is 14.7 Å². The third-order valence-corrected chi connectivity index (χ3v) is 3.83. The molecule has 0 saturated carbocycles. The Kier molecular flexibility index (Phi) is 3.75. The molecule has 20 heavy (non-hydrogen) atoms. The first-order valence-corrected chi connectivity index (χ1v) is 6.70. The average Bonchev–Trinajstić information content (AvgIpc) is 2.34. The van der Waals surface area contributed by atoms with Crippen LogP contribution in [0.1, 0.15) is 32.4 Å². The van der Waals surface area contributed by atoms with Gasteiger partial charge < -0.3 is 10.0 Å². The first-order valence-electron chi connectivity index (χ1n) is 6.33. The van der Waals surface area contributed by atoms with Crippen molar-refractivity contribution >= 4 is 29.1 Å². The Labute approximate surface area is 122 Å². The van der Waals surface area contributed by atoms with E-state index in [1.165, 1.54) is 0 Å². The SMILES string of the molecule is C[C@H](O)c1ccc(N2CC(=O)NC(=O)C2(C)C)c(Cl)c1. The number of aliphatic hydroxyl groups is 1. The zero-order chi connectivity index (χ0) is 15.1. The molecule has 1 atom stereocenters. The standard InChI is InChI=1S/C14H17ClN2O3/c1-8(18)9-4-5-11(10(15)6-9)17-7-12(19)16-13(20)14(17,2)3/h4-6,8,18H,7H2,1-3H3,(H,16,19,20)/t8-/m0/s1. The smallest absolute Gasteiger partial charge is 0.251 e. The van der Waals surface area contributed by atoms with Gasteiger partial charge in [0.05, 0.1) is 23.4 Å². The number of carbonyl (C=O) groups excluding carboxylic acids is 2. The van der Waals surface area contributed by atoms with Gasteiger partial charge in [-0.3, -0.25) is 14.9 Å². The first kappa shape index (κ1) is 14.8. The molecule has 1 aliphatic heterocycles. The number of rotatable bonds is 2. The number of hydrogen-bond acceptors (Lipinski definition) is 4. The fourth-order valence-electron chi connectivity index (χ4n) is 2.17. The number of nitrogens with one attached hydrogen (secondary N) is 1. The second kappa shape index (κ2) is 5.07. The van der Waals surface area contributed by atoms with Gasteiger partial charge in [0.1, 0.15) is 5.54 Å². The zero-order valence-electron chi connectivity index (χ0n) is 11.6. The number of amides is 2. The zero-order valence-corrected chi connectivity index (χ0v) is 12.4. The Hall–Kier alpha value is -1.59. The summed E-state index contributed by atoms with van der Waals surface area (Å²) in [4.78, 5) is 25.2. The molecular formula is C14H17ClN2O3. The van der Waals surface area contributed by atoms with Crippen molar-refractivity contribution in [2.75, 3.05) is 11.4 Å². The van der Waals surface area contributed by atoms with Crippen molar-refractivity contribution in [3.05, 3.63) is 28.8 Å². The molecule has 1 aliphatic rings. The van der Waals surface area contributed by atoms with Gasteiger partial charge in [0.25, 0.3) is 5.91 Å². The molecule has 0 unspecified atom stereocenters. The highest BCUT2D eigenvalue weighted by molar-refractivity contribution is 6.33. The normalized spacial score (nSPS) is 19.8. The van der Waals surface area contributed by atoms with Crippen LogP contribution in [0.25, 0.3) is 0 Å². The van der Waals surface area contributed by atoms with Crippen LogP contribution in [-0.2, 0) is 9.59 Å². The van der Waals surface area contributed by atoms with Crippen LogP contribution in [-0.4, -0.2) is 29.0 Å². The molecule has 1 fully saturated rings. The van der Waals surface area contributed by atoms with Gasteiger partial charge in [0, 0.05) is 0 Å². The lowest BCUT2D eigenvalue weighted by molar-refractivity contribution is -0.135. The number of aliphatic hydroxyl groups excluding tert-OH is 1. The van der Waals surface area contributed by atoms with Crippen LogP contribution in [0, 0.1) is 0 Å². The second-order valence-electron chi connectivity index (χ2n) is 5.41. The number of nitrogens with zero attached hydrogens (tertiary/aromatic N) is 1. The molecule has 5 nitrogen and oxygen atoms in total. The van der Waals surface area contributed by atoms with Gasteiger partial charge in [0.2, 0.25) is 5.91 Å². The number of imide groups is 1. The maximum Gasteiger partial charge on any atom is 0.251 e. The van der Waals surface area contributed by atoms with E-state index in [1.807, 2.05) is 0 Å². The summed E-state index contributed by atoms with van der Waals surface area (Å²) in [5.41, 5.74) is 0.415. The van der Waals surface area contributed by atoms with Gasteiger partial charge in [-0.15, -0.1) is 0 Å². The predicted molar refractivity (Wildman–Crippen MR) is 76.7 cm³/mol. The topological polar surface area (TPSA) is 69.6 Å². The van der Waals surface area contributed by atoms with Gasteiger partial charge in [0.15, 0.2) is 0 Å². The second-order valence-corrected chi connectivity index (χ2v) is 5.82. The highest BCUT2D eigenvalue weighted by Gasteiger charge is 2.41. The molecule has 2 amide bonds. The van der Waals surface area contributed by atoms with Crippen molar-refractivity contribution < 1.29 is 14.7 Å². The number of anilines is 1. The molecule has 0 aromatic heterocycles. The minimum Gasteiger partial charge on any atom is -0.389 e. The average molecular weight is 297 g/mol. The maximum atomic E-state index is 11.9. The molecule has 0 spiro atoms. The molecule has 0 radical (unpaired) electrons. The van der Waals surface area contributed by atoms with Crippen molar-refractivity contribution in [2.24, 2.45) is 0 Å². The highest BCUT2D eigenvalue weighted by Crippen LogP contribution is 2.34. The summed E-state index contributed by atoms with van der Waals surface area (Å²) in [6.07, 6.45) is -0.624. The van der Waals surface area contributed by atoms with Gasteiger partial charge in [-0.1, -0.05) is 17.7 Å². The Morgan fingerprint density at radius 1 is 1.40 bits per heavy atom. The van der Waals surface area contributed by atoms with Crippen LogP contribution in [0.3, 0.4) is 0 Å². The monoisotopic (exact) mass is 296 g/mol. The molecular weight excluding hydrogens is 280 g/mol. The van der Waals surface area contributed by atoms with Gasteiger partial charge in [-0.05, 0) is 38.5 Å². The van der Waals surface area contributed by atoms with E-state index in [0.717, 1.165) is 0 Å². The molecule has 2 rings (SSSR count). The molecule has 6 heteroatoms. The lowest BCUT2D eigenvalue weighted by atomic mass is 9.97. The van der Waals surface area contributed by atoms with Crippen LogP contribution in [0.5, 0.6) is 0 Å². The Morgan fingerprint density at radius 3 is 2.60 bits per heavy atom. The molecule has 0 bridgehead atoms. The summed E-state index contributed by atoms with van der Waals surface area (Å²) in [7, 11) is 0. The van der Waals surface area contributed by atoms with E-state index in [4.69, 9.17) is 11.6 Å². The van der Waals surface area contributed by atoms with Crippen molar-refractivity contribution in [3.63, 3.8) is 0 Å². The lowest BCUT2D eigenvalue weighted by Crippen LogP contribution is -2.64. The number of piperazine rings is 1. The predicted octanol–water partition coefficient (Wildman–Crippen LogP) is 1.63. The summed E-state index contributed by atoms with van der Waals surface area (Å²) in [5, 5.41) is 12.3. The molecule has 108 valence electrons. The first-order chi connectivity index (χ1) is 9.23. The van der Waals surface area contributed by atoms with Crippen molar-refractivity contribution in [2.45, 2.75) is 32.4 Å². The minimum absolute atomic E-state index is 0.0620. The van der Waals surface area contributed by atoms with Crippen molar-refractivity contribution in [3.8, 4) is 0 Å². The number of hydrogen-bond donors (Lipinski definition) is 2. The fourth-order valence-corrected chi connectivity index (χ4v) is 2.46. The van der Waals surface area contributed by atoms with E-state index >= 15 is 0 Å². The lowest BCUT2D eigenvalue weighted by Gasteiger charge is -2.42. The summed E-state index contributed by atoms with van der Waals surface area (Å²) < 4.78 is 0. The van der Waals surface area contributed by atoms with Gasteiger partial charge in [-0.2, -0.15) is 0 Å². The van der Waals surface area contributed by atoms with Crippen molar-refractivity contribution in [1.29, 1.82) is 0 Å². The van der Waals surface area contributed by atoms with E-state index < -0.39 is 11.6 Å². The molecule has 2 N–H and O–H groups in total. The Balaban J connectivity index is 2.44. The molecule has 0 aliphatic carbocycles. The van der Waals surface area contributed by atoms with Crippen LogP contribution in [0.15, 0.2) is 18.2 Å². The van der Waals surface area contributed by atoms with Crippen LogP contribution >= 0.6 is 11.6 Å². The number of carbonyl (C=O) groups is 2. The largest absolute Gasteiger partial charge is 0.389 e. The summed E-state index contributed by atoms with van der Waals surface area (Å²) in [5.74, 6) is -0.714. The molecule has 1 aromatic carbocycles. The summed E-state index contributed by atoms with van der Waals surface area (Å²) in [6, 6.07) is 5.10. The number of benzene rings is 1. The third kappa shape index (κ3) is 2.51. The highest BCUT2D eigenvalue weighted by atomic mass is 35.5. The van der Waals surface area contributed by atoms with E-state index in [-0.39, 0.29) is 18.4 Å². The maximum absolute atomic E-state index is 11.9. The van der Waals surface area contributed by atoms with Gasteiger partial charge >= 0.3 is 0 Å². The summed E-state index contributed by atoms with van der Waals surface area (Å²) in [6.45, 7) is 5.17. The Morgan fingerprint density at radius 2 is 2.05 bits per heavy atom. The van der Waals surface area contributed by atoms with Crippen molar-refractivity contribution in [1.82, 2.24) is 5.32 Å². The Bertz CT molecular complexity index is 570. The quantitative estimate of drug-likeness (QED) is 0.814. The van der Waals surface area contributed by atoms with Crippen LogP contribution in [0.2, 0.25) is 5.02 Å². The fraction of sp³-hybridized carbons (Fsp3) is 0.429. The van der Waals surface area contributed by atoms with Gasteiger partial charge in [-0.25, -0.2) is 0 Å². The third-order valence-electron chi connectivity index (χ3n) is 3.53. The van der Waals surface area contributed by atoms with E-state index in [2.05, 4.69) is 5.32 Å². The molecule has 1 heterocycles.